The number of nitrogens with two attached hydrogens (primary N) is 1. The topological polar surface area (TPSA) is 63.4 Å². The molecule has 0 spiro atoms. The highest BCUT2D eigenvalue weighted by Crippen LogP contribution is 2.23. The minimum atomic E-state index is -0.527. The number of halogens is 2. The Labute approximate surface area is 116 Å². The number of rotatable bonds is 5. The van der Waals surface area contributed by atoms with Gasteiger partial charge in [-0.05, 0) is 24.1 Å². The monoisotopic (exact) mass is 288 g/mol. The van der Waals surface area contributed by atoms with Crippen LogP contribution in [0, 0.1) is 0 Å². The zero-order valence-electron chi connectivity index (χ0n) is 9.95. The quantitative estimate of drug-likeness (QED) is 0.899. The minimum Gasteiger partial charge on any atom is -0.368 e. The van der Waals surface area contributed by atoms with E-state index in [4.69, 9.17) is 28.9 Å². The van der Waals surface area contributed by atoms with Gasteiger partial charge >= 0.3 is 0 Å². The van der Waals surface area contributed by atoms with Gasteiger partial charge in [0.2, 0.25) is 11.8 Å². The highest BCUT2D eigenvalue weighted by atomic mass is 35.5. The van der Waals surface area contributed by atoms with Crippen molar-refractivity contribution in [3.8, 4) is 0 Å². The summed E-state index contributed by atoms with van der Waals surface area (Å²) in [7, 11) is 1.54. The van der Waals surface area contributed by atoms with Gasteiger partial charge in [-0.15, -0.1) is 0 Å². The number of aryl methyl sites for hydroxylation is 1. The van der Waals surface area contributed by atoms with Crippen molar-refractivity contribution in [2.24, 2.45) is 5.73 Å². The van der Waals surface area contributed by atoms with E-state index < -0.39 is 5.91 Å². The Bertz CT molecular complexity index is 463. The van der Waals surface area contributed by atoms with Crippen molar-refractivity contribution < 1.29 is 9.59 Å². The van der Waals surface area contributed by atoms with Crippen molar-refractivity contribution in [1.82, 2.24) is 4.90 Å². The van der Waals surface area contributed by atoms with Crippen LogP contribution in [0.3, 0.4) is 0 Å². The summed E-state index contributed by atoms with van der Waals surface area (Å²) < 4.78 is 0. The molecule has 18 heavy (non-hydrogen) atoms. The maximum Gasteiger partial charge on any atom is 0.237 e. The van der Waals surface area contributed by atoms with Gasteiger partial charge < -0.3 is 10.6 Å². The molecule has 0 aromatic heterocycles. The molecule has 2 N–H and O–H groups in total. The van der Waals surface area contributed by atoms with Crippen LogP contribution >= 0.6 is 23.2 Å². The summed E-state index contributed by atoms with van der Waals surface area (Å²) >= 11 is 11.7. The van der Waals surface area contributed by atoms with Gasteiger partial charge in [-0.1, -0.05) is 29.3 Å². The van der Waals surface area contributed by atoms with Gasteiger partial charge in [0.1, 0.15) is 0 Å². The summed E-state index contributed by atoms with van der Waals surface area (Å²) in [5.41, 5.74) is 5.93. The number of carbonyl (C=O) groups excluding carboxylic acids is 2. The molecular weight excluding hydrogens is 275 g/mol. The fourth-order valence-electron chi connectivity index (χ4n) is 1.46. The van der Waals surface area contributed by atoms with Crippen molar-refractivity contribution in [2.45, 2.75) is 12.8 Å². The number of nitrogens with zero attached hydrogens (tertiary/aromatic N) is 1. The predicted octanol–water partition coefficient (Wildman–Crippen LogP) is 1.87. The number of hydrogen-bond donors (Lipinski definition) is 1. The average molecular weight is 289 g/mol. The van der Waals surface area contributed by atoms with Gasteiger partial charge in [0.25, 0.3) is 0 Å². The first-order valence-corrected chi connectivity index (χ1v) is 6.12. The first kappa shape index (κ1) is 14.8. The van der Waals surface area contributed by atoms with Crippen LogP contribution < -0.4 is 5.73 Å². The lowest BCUT2D eigenvalue weighted by molar-refractivity contribution is -0.133. The molecule has 0 fully saturated rings. The lowest BCUT2D eigenvalue weighted by Gasteiger charge is -2.14. The number of primary amides is 1. The Morgan fingerprint density at radius 2 is 1.94 bits per heavy atom. The molecule has 0 aliphatic heterocycles. The number of carbonyl (C=O) groups is 2. The minimum absolute atomic E-state index is 0.0692. The summed E-state index contributed by atoms with van der Waals surface area (Å²) in [5, 5.41) is 0.949. The zero-order valence-corrected chi connectivity index (χ0v) is 11.5. The molecule has 0 heterocycles. The van der Waals surface area contributed by atoms with Crippen molar-refractivity contribution in [1.29, 1.82) is 0 Å². The third-order valence-corrected chi connectivity index (χ3v) is 3.17. The maximum atomic E-state index is 11.7. The lowest BCUT2D eigenvalue weighted by Crippen LogP contribution is -2.35. The van der Waals surface area contributed by atoms with Gasteiger partial charge in [-0.2, -0.15) is 0 Å². The summed E-state index contributed by atoms with van der Waals surface area (Å²) in [5.74, 6) is -0.666. The van der Waals surface area contributed by atoms with E-state index in [0.717, 1.165) is 5.56 Å². The highest BCUT2D eigenvalue weighted by molar-refractivity contribution is 6.42. The zero-order chi connectivity index (χ0) is 13.7. The maximum absolute atomic E-state index is 11.7. The van der Waals surface area contributed by atoms with Crippen LogP contribution in [0.25, 0.3) is 0 Å². The van der Waals surface area contributed by atoms with Crippen molar-refractivity contribution in [2.75, 3.05) is 13.6 Å². The number of hydrogen-bond acceptors (Lipinski definition) is 2. The Morgan fingerprint density at radius 1 is 1.28 bits per heavy atom. The van der Waals surface area contributed by atoms with E-state index in [-0.39, 0.29) is 12.5 Å². The van der Waals surface area contributed by atoms with Crippen molar-refractivity contribution >= 4 is 35.0 Å². The van der Waals surface area contributed by atoms with Gasteiger partial charge in [-0.3, -0.25) is 9.59 Å². The normalized spacial score (nSPS) is 10.2. The Kier molecular flexibility index (Phi) is 5.44. The largest absolute Gasteiger partial charge is 0.368 e. The Balaban J connectivity index is 2.52. The van der Waals surface area contributed by atoms with E-state index in [1.165, 1.54) is 4.90 Å². The van der Waals surface area contributed by atoms with Crippen molar-refractivity contribution in [3.63, 3.8) is 0 Å². The molecule has 1 rings (SSSR count). The smallest absolute Gasteiger partial charge is 0.237 e. The average Bonchev–Trinajstić information content (AvgIpc) is 2.29. The van der Waals surface area contributed by atoms with Crippen LogP contribution in [0.15, 0.2) is 18.2 Å². The first-order valence-electron chi connectivity index (χ1n) is 5.36. The molecule has 0 bridgehead atoms. The molecule has 0 saturated carbocycles. The molecule has 6 heteroatoms. The standard InChI is InChI=1S/C12H14Cl2N2O2/c1-16(7-11(15)17)12(18)5-3-8-2-4-9(13)10(14)6-8/h2,4,6H,3,5,7H2,1H3,(H2,15,17). The van der Waals surface area contributed by atoms with E-state index in [1.807, 2.05) is 6.07 Å². The van der Waals surface area contributed by atoms with Crippen LogP contribution in [0.5, 0.6) is 0 Å². The van der Waals surface area contributed by atoms with Gasteiger partial charge in [0, 0.05) is 13.5 Å². The molecule has 4 nitrogen and oxygen atoms in total. The van der Waals surface area contributed by atoms with Crippen LogP contribution in [0.4, 0.5) is 0 Å². The van der Waals surface area contributed by atoms with E-state index >= 15 is 0 Å². The van der Waals surface area contributed by atoms with Gasteiger partial charge in [0.05, 0.1) is 16.6 Å². The molecule has 98 valence electrons. The first-order chi connectivity index (χ1) is 8.40. The number of benzene rings is 1. The van der Waals surface area contributed by atoms with E-state index in [1.54, 1.807) is 19.2 Å². The van der Waals surface area contributed by atoms with Gasteiger partial charge in [-0.25, -0.2) is 0 Å². The third kappa shape index (κ3) is 4.55. The molecule has 0 atom stereocenters. The second-order valence-electron chi connectivity index (χ2n) is 3.96. The molecule has 1 aromatic rings. The molecule has 1 aromatic carbocycles. The lowest BCUT2D eigenvalue weighted by atomic mass is 10.1. The Hall–Kier alpha value is -1.26. The van der Waals surface area contributed by atoms with Crippen LogP contribution in [-0.2, 0) is 16.0 Å². The second-order valence-corrected chi connectivity index (χ2v) is 4.78. The molecule has 0 saturated heterocycles. The summed E-state index contributed by atoms with van der Waals surface area (Å²) in [6.07, 6.45) is 0.834. The second kappa shape index (κ2) is 6.61. The molecule has 0 unspecified atom stereocenters. The number of likely N-dealkylation sites (N-methyl/N-ethyl adjacent to an activating group) is 1. The SMILES string of the molecule is CN(CC(N)=O)C(=O)CCc1ccc(Cl)c(Cl)c1. The Morgan fingerprint density at radius 3 is 2.50 bits per heavy atom. The molecule has 0 aliphatic carbocycles. The van der Waals surface area contributed by atoms with Crippen molar-refractivity contribution in [3.05, 3.63) is 33.8 Å². The van der Waals surface area contributed by atoms with Crippen LogP contribution in [-0.4, -0.2) is 30.3 Å². The van der Waals surface area contributed by atoms with E-state index in [9.17, 15) is 9.59 Å². The fraction of sp³-hybridized carbons (Fsp3) is 0.333. The third-order valence-electron chi connectivity index (χ3n) is 2.43. The van der Waals surface area contributed by atoms with Crippen LogP contribution in [0.1, 0.15) is 12.0 Å². The van der Waals surface area contributed by atoms with Gasteiger partial charge in [0.15, 0.2) is 0 Å². The summed E-state index contributed by atoms with van der Waals surface area (Å²) in [6.45, 7) is -0.0692. The summed E-state index contributed by atoms with van der Waals surface area (Å²) in [4.78, 5) is 23.6. The summed E-state index contributed by atoms with van der Waals surface area (Å²) in [6, 6.07) is 5.23. The van der Waals surface area contributed by atoms with E-state index in [2.05, 4.69) is 0 Å². The van der Waals surface area contributed by atoms with Crippen LogP contribution in [0.2, 0.25) is 10.0 Å². The highest BCUT2D eigenvalue weighted by Gasteiger charge is 2.11. The van der Waals surface area contributed by atoms with E-state index in [0.29, 0.717) is 22.9 Å². The number of amides is 2. The molecule has 2 amide bonds. The fourth-order valence-corrected chi connectivity index (χ4v) is 1.78. The molecule has 0 radical (unpaired) electrons. The predicted molar refractivity (Wildman–Crippen MR) is 71.6 cm³/mol. The molecule has 0 aliphatic rings. The molecular formula is C12H14Cl2N2O2.